The Morgan fingerprint density at radius 2 is 1.79 bits per heavy atom. The van der Waals surface area contributed by atoms with Gasteiger partial charge in [-0.1, -0.05) is 54.3 Å². The smallest absolute Gasteiger partial charge is 0.270 e. The molecule has 4 rings (SSSR count). The van der Waals surface area contributed by atoms with Crippen molar-refractivity contribution in [1.29, 1.82) is 5.26 Å². The minimum Gasteiger partial charge on any atom is -0.355 e. The Balaban J connectivity index is 1.77. The summed E-state index contributed by atoms with van der Waals surface area (Å²) in [4.78, 5) is 32.6. The van der Waals surface area contributed by atoms with E-state index >= 15 is 0 Å². The third kappa shape index (κ3) is 4.47. The number of piperazine rings is 1. The number of carbonyl (C=O) groups excluding carboxylic acids is 1. The van der Waals surface area contributed by atoms with Gasteiger partial charge in [0, 0.05) is 38.8 Å². The van der Waals surface area contributed by atoms with Gasteiger partial charge in [-0.05, 0) is 31.2 Å². The van der Waals surface area contributed by atoms with E-state index in [-0.39, 0.29) is 17.0 Å². The van der Waals surface area contributed by atoms with Gasteiger partial charge >= 0.3 is 0 Å². The number of aromatic nitrogens is 1. The molecule has 0 N–H and O–H groups in total. The van der Waals surface area contributed by atoms with Gasteiger partial charge in [0.1, 0.15) is 21.8 Å². The molecule has 0 radical (unpaired) electrons. The Bertz CT molecular complexity index is 1240. The van der Waals surface area contributed by atoms with E-state index < -0.39 is 0 Å². The first-order chi connectivity index (χ1) is 15.8. The number of hydrogen-bond donors (Lipinski definition) is 0. The molecule has 0 bridgehead atoms. The molecule has 1 aromatic carbocycles. The Morgan fingerprint density at radius 1 is 1.12 bits per heavy atom. The fraction of sp³-hybridized carbons (Fsp3) is 0.333. The maximum atomic E-state index is 13.3. The van der Waals surface area contributed by atoms with Crippen LogP contribution in [0.2, 0.25) is 0 Å². The zero-order valence-electron chi connectivity index (χ0n) is 18.9. The number of rotatable bonds is 4. The lowest BCUT2D eigenvalue weighted by molar-refractivity contribution is -0.122. The van der Waals surface area contributed by atoms with Crippen molar-refractivity contribution in [2.24, 2.45) is 7.05 Å². The number of carbonyl (C=O) groups is 1. The van der Waals surface area contributed by atoms with Crippen LogP contribution in [0.4, 0.5) is 5.82 Å². The first-order valence-electron chi connectivity index (χ1n) is 10.7. The third-order valence-electron chi connectivity index (χ3n) is 6.10. The van der Waals surface area contributed by atoms with Crippen LogP contribution in [0.5, 0.6) is 0 Å². The Kier molecular flexibility index (Phi) is 6.70. The standard InChI is InChI=1S/C24H25N5O2S2/c1-16-18(13-20-23(31)29(24(32)33-20)15-17-7-5-4-6-8-17)21(27(3)22(30)19(16)14-25)28-11-9-26(2)10-12-28/h4-8,13H,9-12,15H2,1-3H3. The van der Waals surface area contributed by atoms with Gasteiger partial charge in [-0.25, -0.2) is 0 Å². The third-order valence-corrected chi connectivity index (χ3v) is 7.48. The van der Waals surface area contributed by atoms with Crippen LogP contribution in [0.3, 0.4) is 0 Å². The van der Waals surface area contributed by atoms with Crippen LogP contribution in [0.1, 0.15) is 22.3 Å². The number of pyridine rings is 1. The predicted octanol–water partition coefficient (Wildman–Crippen LogP) is 2.72. The lowest BCUT2D eigenvalue weighted by Crippen LogP contribution is -2.46. The summed E-state index contributed by atoms with van der Waals surface area (Å²) in [5, 5.41) is 9.64. The highest BCUT2D eigenvalue weighted by Crippen LogP contribution is 2.36. The molecule has 0 spiro atoms. The van der Waals surface area contributed by atoms with Gasteiger partial charge in [-0.2, -0.15) is 5.26 Å². The molecule has 2 aliphatic heterocycles. The summed E-state index contributed by atoms with van der Waals surface area (Å²) < 4.78 is 2.03. The summed E-state index contributed by atoms with van der Waals surface area (Å²) in [5.41, 5.74) is 2.08. The lowest BCUT2D eigenvalue weighted by Gasteiger charge is -2.36. The highest BCUT2D eigenvalue weighted by molar-refractivity contribution is 8.26. The molecule has 2 aliphatic rings. The van der Waals surface area contributed by atoms with Crippen molar-refractivity contribution in [2.45, 2.75) is 13.5 Å². The van der Waals surface area contributed by atoms with Crippen molar-refractivity contribution >= 4 is 46.1 Å². The average molecular weight is 480 g/mol. The van der Waals surface area contributed by atoms with Gasteiger partial charge in [0.25, 0.3) is 11.5 Å². The molecule has 0 unspecified atom stereocenters. The van der Waals surface area contributed by atoms with Crippen LogP contribution in [0.15, 0.2) is 40.0 Å². The molecule has 170 valence electrons. The topological polar surface area (TPSA) is 72.6 Å². The summed E-state index contributed by atoms with van der Waals surface area (Å²) >= 11 is 6.77. The molecular weight excluding hydrogens is 454 g/mol. The Hall–Kier alpha value is -2.93. The molecule has 2 fully saturated rings. The second-order valence-electron chi connectivity index (χ2n) is 8.26. The zero-order valence-corrected chi connectivity index (χ0v) is 20.5. The van der Waals surface area contributed by atoms with Crippen molar-refractivity contribution in [3.8, 4) is 6.07 Å². The molecule has 0 aliphatic carbocycles. The van der Waals surface area contributed by atoms with E-state index in [0.29, 0.717) is 21.3 Å². The number of anilines is 1. The van der Waals surface area contributed by atoms with E-state index in [9.17, 15) is 14.9 Å². The largest absolute Gasteiger partial charge is 0.355 e. The van der Waals surface area contributed by atoms with Crippen LogP contribution < -0.4 is 10.5 Å². The van der Waals surface area contributed by atoms with Crippen LogP contribution in [-0.4, -0.2) is 57.8 Å². The fourth-order valence-corrected chi connectivity index (χ4v) is 5.38. The minimum atomic E-state index is -0.322. The van der Waals surface area contributed by atoms with Crippen molar-refractivity contribution in [1.82, 2.24) is 14.4 Å². The quantitative estimate of drug-likeness (QED) is 0.493. The normalized spacial score (nSPS) is 18.3. The van der Waals surface area contributed by atoms with E-state index in [1.54, 1.807) is 24.9 Å². The molecule has 7 nitrogen and oxygen atoms in total. The van der Waals surface area contributed by atoms with Gasteiger partial charge in [0.05, 0.1) is 11.4 Å². The Labute approximate surface area is 202 Å². The Morgan fingerprint density at radius 3 is 2.42 bits per heavy atom. The minimum absolute atomic E-state index is 0.0985. The SMILES string of the molecule is Cc1c(C=C2SC(=S)N(Cc3ccccc3)C2=O)c(N2CCN(C)CC2)n(C)c(=O)c1C#N. The first kappa shape index (κ1) is 23.2. The lowest BCUT2D eigenvalue weighted by atomic mass is 10.0. The van der Waals surface area contributed by atoms with Crippen LogP contribution in [0, 0.1) is 18.3 Å². The van der Waals surface area contributed by atoms with Gasteiger partial charge in [-0.3, -0.25) is 19.1 Å². The van der Waals surface area contributed by atoms with Gasteiger partial charge in [0.2, 0.25) is 0 Å². The number of nitrogens with zero attached hydrogens (tertiary/aromatic N) is 5. The number of thiocarbonyl (C=S) groups is 1. The predicted molar refractivity (Wildman–Crippen MR) is 136 cm³/mol. The highest BCUT2D eigenvalue weighted by atomic mass is 32.2. The number of benzene rings is 1. The number of likely N-dealkylation sites (N-methyl/N-ethyl adjacent to an activating group) is 1. The molecule has 2 aromatic rings. The molecule has 33 heavy (non-hydrogen) atoms. The number of amides is 1. The zero-order chi connectivity index (χ0) is 23.7. The second-order valence-corrected chi connectivity index (χ2v) is 9.93. The van der Waals surface area contributed by atoms with Gasteiger partial charge in [-0.15, -0.1) is 0 Å². The van der Waals surface area contributed by atoms with E-state index in [0.717, 1.165) is 43.1 Å². The van der Waals surface area contributed by atoms with Crippen LogP contribution in [0.25, 0.3) is 6.08 Å². The number of hydrogen-bond acceptors (Lipinski definition) is 7. The molecule has 3 heterocycles. The number of thioether (sulfide) groups is 1. The summed E-state index contributed by atoms with van der Waals surface area (Å²) in [7, 11) is 3.76. The summed E-state index contributed by atoms with van der Waals surface area (Å²) in [5.74, 6) is 0.572. The summed E-state index contributed by atoms with van der Waals surface area (Å²) in [6, 6.07) is 11.8. The molecule has 1 aromatic heterocycles. The molecular formula is C24H25N5O2S2. The fourth-order valence-electron chi connectivity index (χ4n) is 4.15. The maximum Gasteiger partial charge on any atom is 0.270 e. The molecule has 1 amide bonds. The van der Waals surface area contributed by atoms with E-state index in [1.165, 1.54) is 16.3 Å². The average Bonchev–Trinajstić information content (AvgIpc) is 3.07. The number of nitriles is 1. The maximum absolute atomic E-state index is 13.3. The highest BCUT2D eigenvalue weighted by Gasteiger charge is 2.33. The molecule has 0 saturated carbocycles. The summed E-state index contributed by atoms with van der Waals surface area (Å²) in [6.45, 7) is 5.42. The van der Waals surface area contributed by atoms with Crippen LogP contribution >= 0.6 is 24.0 Å². The monoisotopic (exact) mass is 479 g/mol. The van der Waals surface area contributed by atoms with E-state index in [4.69, 9.17) is 12.2 Å². The van der Waals surface area contributed by atoms with E-state index in [2.05, 4.69) is 22.9 Å². The van der Waals surface area contributed by atoms with Crippen molar-refractivity contribution in [2.75, 3.05) is 38.1 Å². The van der Waals surface area contributed by atoms with Gasteiger partial charge in [0.15, 0.2) is 0 Å². The second kappa shape index (κ2) is 9.51. The molecule has 2 saturated heterocycles. The molecule has 9 heteroatoms. The van der Waals surface area contributed by atoms with Crippen molar-refractivity contribution < 1.29 is 4.79 Å². The van der Waals surface area contributed by atoms with Crippen molar-refractivity contribution in [3.63, 3.8) is 0 Å². The first-order valence-corrected chi connectivity index (χ1v) is 11.9. The van der Waals surface area contributed by atoms with E-state index in [1.807, 2.05) is 30.3 Å². The summed E-state index contributed by atoms with van der Waals surface area (Å²) in [6.07, 6.45) is 1.80. The van der Waals surface area contributed by atoms with Gasteiger partial charge < -0.3 is 9.80 Å². The van der Waals surface area contributed by atoms with Crippen LogP contribution in [-0.2, 0) is 18.4 Å². The molecule has 0 atom stereocenters. The van der Waals surface area contributed by atoms with Crippen molar-refractivity contribution in [3.05, 3.63) is 67.8 Å².